The molecule has 2 heterocycles. The lowest BCUT2D eigenvalue weighted by Gasteiger charge is -2.45. The van der Waals surface area contributed by atoms with Gasteiger partial charge in [0.2, 0.25) is 10.0 Å². The van der Waals surface area contributed by atoms with Gasteiger partial charge in [-0.3, -0.25) is 4.90 Å². The van der Waals surface area contributed by atoms with E-state index in [0.29, 0.717) is 13.1 Å². The van der Waals surface area contributed by atoms with E-state index in [4.69, 9.17) is 21.5 Å². The highest BCUT2D eigenvalue weighted by Gasteiger charge is 2.45. The van der Waals surface area contributed by atoms with Crippen LogP contribution in [0.5, 0.6) is 0 Å². The van der Waals surface area contributed by atoms with Gasteiger partial charge in [-0.1, -0.05) is 23.7 Å². The number of nitrogens with zero attached hydrogens (tertiary/aromatic N) is 2. The Labute approximate surface area is 179 Å². The van der Waals surface area contributed by atoms with Crippen molar-refractivity contribution in [3.05, 3.63) is 34.9 Å². The van der Waals surface area contributed by atoms with Crippen LogP contribution in [0.4, 0.5) is 13.2 Å². The fourth-order valence-electron chi connectivity index (χ4n) is 4.00. The highest BCUT2D eigenvalue weighted by atomic mass is 35.5. The van der Waals surface area contributed by atoms with E-state index >= 15 is 0 Å². The minimum atomic E-state index is -5.08. The number of carboxylic acid groups (broad SMARTS) is 1. The summed E-state index contributed by atoms with van der Waals surface area (Å²) in [6.45, 7) is 4.97. The normalized spacial score (nSPS) is 23.2. The minimum absolute atomic E-state index is 0.0140. The van der Waals surface area contributed by atoms with Crippen molar-refractivity contribution in [1.29, 1.82) is 0 Å². The van der Waals surface area contributed by atoms with Gasteiger partial charge in [0.05, 0.1) is 5.75 Å². The fourth-order valence-corrected chi connectivity index (χ4v) is 5.34. The van der Waals surface area contributed by atoms with Gasteiger partial charge in [0.15, 0.2) is 0 Å². The van der Waals surface area contributed by atoms with Crippen LogP contribution in [0.15, 0.2) is 24.3 Å². The predicted molar refractivity (Wildman–Crippen MR) is 108 cm³/mol. The summed E-state index contributed by atoms with van der Waals surface area (Å²) >= 11 is 5.97. The average molecular weight is 471 g/mol. The van der Waals surface area contributed by atoms with E-state index < -0.39 is 22.2 Å². The summed E-state index contributed by atoms with van der Waals surface area (Å²) in [6.07, 6.45) is -0.795. The van der Waals surface area contributed by atoms with Gasteiger partial charge in [-0.2, -0.15) is 13.2 Å². The summed E-state index contributed by atoms with van der Waals surface area (Å²) in [5.74, 6) is -2.56. The second-order valence-corrected chi connectivity index (χ2v) is 10.2. The largest absolute Gasteiger partial charge is 0.490 e. The molecule has 30 heavy (non-hydrogen) atoms. The third kappa shape index (κ3) is 6.32. The zero-order chi connectivity index (χ0) is 22.6. The van der Waals surface area contributed by atoms with Gasteiger partial charge in [0, 0.05) is 30.2 Å². The van der Waals surface area contributed by atoms with Crippen LogP contribution in [-0.2, 0) is 21.4 Å². The van der Waals surface area contributed by atoms with Gasteiger partial charge in [0.1, 0.15) is 0 Å². The zero-order valence-electron chi connectivity index (χ0n) is 16.7. The molecule has 170 valence electrons. The molecule has 2 fully saturated rings. The summed E-state index contributed by atoms with van der Waals surface area (Å²) in [7, 11) is -3.10. The van der Waals surface area contributed by atoms with Crippen molar-refractivity contribution in [2.75, 3.05) is 25.4 Å². The Balaban J connectivity index is 0.000000396. The Morgan fingerprint density at radius 1 is 1.17 bits per heavy atom. The number of likely N-dealkylation sites (tertiary alicyclic amines) is 1. The molecule has 1 aromatic rings. The van der Waals surface area contributed by atoms with Crippen molar-refractivity contribution in [2.45, 2.75) is 50.9 Å². The molecule has 1 spiro atoms. The molecule has 0 radical (unpaired) electrons. The lowest BCUT2D eigenvalue weighted by atomic mass is 9.87. The maximum absolute atomic E-state index is 12.3. The molecule has 3 rings (SSSR count). The quantitative estimate of drug-likeness (QED) is 0.725. The first-order valence-electron chi connectivity index (χ1n) is 9.67. The van der Waals surface area contributed by atoms with Crippen molar-refractivity contribution in [1.82, 2.24) is 9.21 Å². The van der Waals surface area contributed by atoms with Crippen LogP contribution >= 0.6 is 11.6 Å². The number of hydrogen-bond donors (Lipinski definition) is 1. The van der Waals surface area contributed by atoms with Crippen LogP contribution in [0.1, 0.15) is 38.2 Å². The summed E-state index contributed by atoms with van der Waals surface area (Å²) < 4.78 is 58.0. The van der Waals surface area contributed by atoms with E-state index in [9.17, 15) is 21.6 Å². The lowest BCUT2D eigenvalue weighted by Crippen LogP contribution is -2.56. The van der Waals surface area contributed by atoms with Gasteiger partial charge in [-0.25, -0.2) is 17.5 Å². The Morgan fingerprint density at radius 2 is 1.70 bits per heavy atom. The number of piperidine rings is 1. The maximum atomic E-state index is 12.3. The molecule has 1 N–H and O–H groups in total. The molecule has 2 aliphatic heterocycles. The molecule has 0 saturated carbocycles. The summed E-state index contributed by atoms with van der Waals surface area (Å²) in [6, 6.07) is 7.98. The van der Waals surface area contributed by atoms with Crippen LogP contribution in [0.2, 0.25) is 5.02 Å². The van der Waals surface area contributed by atoms with Crippen LogP contribution in [0, 0.1) is 0 Å². The van der Waals surface area contributed by atoms with E-state index in [1.807, 2.05) is 12.1 Å². The monoisotopic (exact) mass is 470 g/mol. The molecule has 0 amide bonds. The van der Waals surface area contributed by atoms with Gasteiger partial charge in [0.25, 0.3) is 0 Å². The van der Waals surface area contributed by atoms with Crippen molar-refractivity contribution in [3.63, 3.8) is 0 Å². The first-order chi connectivity index (χ1) is 13.9. The number of sulfonamides is 1. The smallest absolute Gasteiger partial charge is 0.475 e. The molecule has 1 unspecified atom stereocenters. The van der Waals surface area contributed by atoms with E-state index in [0.717, 1.165) is 43.8 Å². The molecular weight excluding hydrogens is 445 g/mol. The molecule has 6 nitrogen and oxygen atoms in total. The zero-order valence-corrected chi connectivity index (χ0v) is 18.2. The van der Waals surface area contributed by atoms with Crippen LogP contribution in [0.25, 0.3) is 0 Å². The van der Waals surface area contributed by atoms with Crippen molar-refractivity contribution < 1.29 is 31.5 Å². The molecule has 0 bridgehead atoms. The summed E-state index contributed by atoms with van der Waals surface area (Å²) in [5.41, 5.74) is 1.26. The number of hydrogen-bond acceptors (Lipinski definition) is 4. The summed E-state index contributed by atoms with van der Waals surface area (Å²) in [5, 5.41) is 7.88. The van der Waals surface area contributed by atoms with Gasteiger partial charge < -0.3 is 5.11 Å². The Bertz CT molecular complexity index is 833. The van der Waals surface area contributed by atoms with Crippen LogP contribution < -0.4 is 0 Å². The van der Waals surface area contributed by atoms with Crippen molar-refractivity contribution >= 4 is 27.6 Å². The SMILES string of the molecule is CCS(=O)(=O)N1CCCC2(CCCN2Cc2ccc(Cl)cc2)C1.O=C(O)C(F)(F)F. The third-order valence-electron chi connectivity index (χ3n) is 5.55. The highest BCUT2D eigenvalue weighted by molar-refractivity contribution is 7.89. The number of carboxylic acids is 1. The molecular formula is C19H26ClF3N2O4S. The lowest BCUT2D eigenvalue weighted by molar-refractivity contribution is -0.192. The second kappa shape index (κ2) is 9.84. The molecule has 11 heteroatoms. The van der Waals surface area contributed by atoms with E-state index in [2.05, 4.69) is 17.0 Å². The number of alkyl halides is 3. The topological polar surface area (TPSA) is 77.9 Å². The van der Waals surface area contributed by atoms with Gasteiger partial charge in [-0.05, 0) is 56.8 Å². The Kier molecular flexibility index (Phi) is 8.17. The second-order valence-electron chi connectivity index (χ2n) is 7.52. The van der Waals surface area contributed by atoms with Gasteiger partial charge in [-0.15, -0.1) is 0 Å². The fraction of sp³-hybridized carbons (Fsp3) is 0.632. The maximum Gasteiger partial charge on any atom is 0.490 e. The van der Waals surface area contributed by atoms with Crippen molar-refractivity contribution in [2.24, 2.45) is 0 Å². The standard InChI is InChI=1S/C17H25ClN2O2S.C2HF3O2/c1-2-23(21,22)20-12-4-10-17(14-20)9-3-11-19(17)13-15-5-7-16(18)8-6-15;3-2(4,5)1(6)7/h5-8H,2-4,9-14H2,1H3;(H,6,7). The Morgan fingerprint density at radius 3 is 2.20 bits per heavy atom. The minimum Gasteiger partial charge on any atom is -0.475 e. The van der Waals surface area contributed by atoms with Crippen LogP contribution in [-0.4, -0.2) is 65.8 Å². The molecule has 2 aliphatic rings. The molecule has 2 saturated heterocycles. The van der Waals surface area contributed by atoms with E-state index in [-0.39, 0.29) is 11.3 Å². The molecule has 0 aromatic heterocycles. The Hall–Kier alpha value is -1.36. The number of rotatable bonds is 4. The van der Waals surface area contributed by atoms with E-state index in [1.165, 1.54) is 5.56 Å². The number of aliphatic carboxylic acids is 1. The molecule has 1 aromatic carbocycles. The van der Waals surface area contributed by atoms with Gasteiger partial charge >= 0.3 is 12.1 Å². The van der Waals surface area contributed by atoms with Crippen molar-refractivity contribution in [3.8, 4) is 0 Å². The highest BCUT2D eigenvalue weighted by Crippen LogP contribution is 2.39. The molecule has 0 aliphatic carbocycles. The number of halogens is 4. The first kappa shape index (κ1) is 24.9. The number of benzene rings is 1. The summed E-state index contributed by atoms with van der Waals surface area (Å²) in [4.78, 5) is 11.4. The van der Waals surface area contributed by atoms with E-state index in [1.54, 1.807) is 11.2 Å². The van der Waals surface area contributed by atoms with Crippen LogP contribution in [0.3, 0.4) is 0 Å². The molecule has 1 atom stereocenters. The average Bonchev–Trinajstić information content (AvgIpc) is 3.04. The number of carbonyl (C=O) groups is 1. The predicted octanol–water partition coefficient (Wildman–Crippen LogP) is 3.75. The third-order valence-corrected chi connectivity index (χ3v) is 7.63. The first-order valence-corrected chi connectivity index (χ1v) is 11.7.